The molecule has 94 valence electrons. The third kappa shape index (κ3) is 3.67. The van der Waals surface area contributed by atoms with Crippen LogP contribution in [0, 0.1) is 10.1 Å². The number of aromatic nitrogens is 1. The summed E-state index contributed by atoms with van der Waals surface area (Å²) in [5.41, 5.74) is 5.61. The van der Waals surface area contributed by atoms with Crippen LogP contribution in [0.15, 0.2) is 18.3 Å². The molecule has 0 aliphatic heterocycles. The zero-order valence-electron chi connectivity index (χ0n) is 10.0. The van der Waals surface area contributed by atoms with Crippen LogP contribution in [-0.2, 0) is 0 Å². The Bertz CT molecular complexity index is 391. The molecule has 0 aliphatic rings. The summed E-state index contributed by atoms with van der Waals surface area (Å²) < 4.78 is 5.40. The first-order valence-corrected chi connectivity index (χ1v) is 5.53. The van der Waals surface area contributed by atoms with Crippen molar-refractivity contribution in [1.29, 1.82) is 0 Å². The third-order valence-corrected chi connectivity index (χ3v) is 2.85. The first kappa shape index (κ1) is 13.4. The van der Waals surface area contributed by atoms with Gasteiger partial charge in [-0.1, -0.05) is 13.8 Å². The van der Waals surface area contributed by atoms with E-state index in [1.807, 2.05) is 13.8 Å². The highest BCUT2D eigenvalue weighted by Crippen LogP contribution is 2.18. The molecule has 0 radical (unpaired) electrons. The second-order valence-corrected chi connectivity index (χ2v) is 3.97. The van der Waals surface area contributed by atoms with Crippen molar-refractivity contribution >= 4 is 5.69 Å². The van der Waals surface area contributed by atoms with Gasteiger partial charge in [-0.05, 0) is 12.8 Å². The Morgan fingerprint density at radius 1 is 1.53 bits per heavy atom. The maximum absolute atomic E-state index is 10.6. The van der Waals surface area contributed by atoms with Crippen LogP contribution in [0.4, 0.5) is 5.69 Å². The molecule has 0 spiro atoms. The van der Waals surface area contributed by atoms with Gasteiger partial charge in [0.15, 0.2) is 0 Å². The predicted molar refractivity (Wildman–Crippen MR) is 63.9 cm³/mol. The Labute approximate surface area is 99.9 Å². The van der Waals surface area contributed by atoms with Crippen LogP contribution in [0.1, 0.15) is 26.7 Å². The Hall–Kier alpha value is -1.69. The maximum Gasteiger partial charge on any atom is 0.276 e. The molecule has 0 aliphatic carbocycles. The first-order chi connectivity index (χ1) is 8.00. The zero-order valence-corrected chi connectivity index (χ0v) is 10.0. The van der Waals surface area contributed by atoms with Gasteiger partial charge in [-0.15, -0.1) is 0 Å². The van der Waals surface area contributed by atoms with E-state index in [0.29, 0.717) is 6.61 Å². The smallest absolute Gasteiger partial charge is 0.276 e. The van der Waals surface area contributed by atoms with Gasteiger partial charge in [-0.2, -0.15) is 0 Å². The highest BCUT2D eigenvalue weighted by Gasteiger charge is 2.21. The van der Waals surface area contributed by atoms with Crippen molar-refractivity contribution in [2.45, 2.75) is 32.2 Å². The normalized spacial score (nSPS) is 11.2. The van der Waals surface area contributed by atoms with Gasteiger partial charge in [0.1, 0.15) is 6.61 Å². The number of hydrogen-bond acceptors (Lipinski definition) is 5. The van der Waals surface area contributed by atoms with Crippen molar-refractivity contribution in [1.82, 2.24) is 4.98 Å². The van der Waals surface area contributed by atoms with Crippen LogP contribution >= 0.6 is 0 Å². The number of nitrogens with two attached hydrogens (primary N) is 1. The molecular weight excluding hydrogens is 222 g/mol. The van der Waals surface area contributed by atoms with E-state index in [1.165, 1.54) is 18.3 Å². The number of nitrogens with zero attached hydrogens (tertiary/aromatic N) is 2. The lowest BCUT2D eigenvalue weighted by Crippen LogP contribution is -2.44. The maximum atomic E-state index is 10.6. The molecule has 17 heavy (non-hydrogen) atoms. The lowest BCUT2D eigenvalue weighted by molar-refractivity contribution is -0.385. The van der Waals surface area contributed by atoms with E-state index >= 15 is 0 Å². The van der Waals surface area contributed by atoms with E-state index in [2.05, 4.69) is 4.98 Å². The molecule has 6 nitrogen and oxygen atoms in total. The Morgan fingerprint density at radius 2 is 2.18 bits per heavy atom. The highest BCUT2D eigenvalue weighted by atomic mass is 16.6. The molecule has 1 rings (SSSR count). The minimum atomic E-state index is -0.482. The molecule has 0 fully saturated rings. The van der Waals surface area contributed by atoms with Gasteiger partial charge in [-0.25, -0.2) is 4.98 Å². The number of pyridine rings is 1. The number of ether oxygens (including phenoxy) is 1. The average Bonchev–Trinajstić information content (AvgIpc) is 2.36. The zero-order chi connectivity index (χ0) is 12.9. The van der Waals surface area contributed by atoms with E-state index in [0.717, 1.165) is 12.8 Å². The molecule has 0 unspecified atom stereocenters. The Morgan fingerprint density at radius 3 is 2.71 bits per heavy atom. The monoisotopic (exact) mass is 239 g/mol. The summed E-state index contributed by atoms with van der Waals surface area (Å²) in [6, 6.07) is 2.62. The van der Waals surface area contributed by atoms with Crippen molar-refractivity contribution in [3.05, 3.63) is 28.4 Å². The van der Waals surface area contributed by atoms with Crippen LogP contribution in [0.2, 0.25) is 0 Å². The van der Waals surface area contributed by atoms with Gasteiger partial charge in [0.2, 0.25) is 5.88 Å². The van der Waals surface area contributed by atoms with Gasteiger partial charge >= 0.3 is 0 Å². The van der Waals surface area contributed by atoms with Crippen LogP contribution in [0.25, 0.3) is 0 Å². The van der Waals surface area contributed by atoms with E-state index in [-0.39, 0.29) is 11.6 Å². The van der Waals surface area contributed by atoms with Crippen molar-refractivity contribution in [3.63, 3.8) is 0 Å². The number of rotatable bonds is 6. The van der Waals surface area contributed by atoms with Crippen molar-refractivity contribution in [2.24, 2.45) is 5.73 Å². The van der Waals surface area contributed by atoms with Crippen LogP contribution in [-0.4, -0.2) is 22.1 Å². The third-order valence-electron chi connectivity index (χ3n) is 2.85. The number of hydrogen-bond donors (Lipinski definition) is 1. The van der Waals surface area contributed by atoms with Gasteiger partial charge in [-0.3, -0.25) is 10.1 Å². The molecular formula is C11H17N3O3. The van der Waals surface area contributed by atoms with Crippen molar-refractivity contribution < 1.29 is 9.66 Å². The van der Waals surface area contributed by atoms with Crippen LogP contribution in [0.3, 0.4) is 0 Å². The quantitative estimate of drug-likeness (QED) is 0.604. The lowest BCUT2D eigenvalue weighted by Gasteiger charge is -2.25. The summed E-state index contributed by atoms with van der Waals surface area (Å²) in [6.07, 6.45) is 2.90. The molecule has 0 saturated heterocycles. The fraction of sp³-hybridized carbons (Fsp3) is 0.545. The van der Waals surface area contributed by atoms with Crippen molar-refractivity contribution in [3.8, 4) is 5.88 Å². The largest absolute Gasteiger partial charge is 0.476 e. The summed E-state index contributed by atoms with van der Waals surface area (Å²) in [7, 11) is 0. The molecule has 0 amide bonds. The minimum Gasteiger partial charge on any atom is -0.476 e. The Balaban J connectivity index is 2.69. The second-order valence-electron chi connectivity index (χ2n) is 3.97. The average molecular weight is 239 g/mol. The fourth-order valence-electron chi connectivity index (χ4n) is 1.26. The van der Waals surface area contributed by atoms with Gasteiger partial charge in [0.25, 0.3) is 5.69 Å². The molecule has 0 saturated carbocycles. The topological polar surface area (TPSA) is 91.3 Å². The summed E-state index contributed by atoms with van der Waals surface area (Å²) in [6.45, 7) is 4.26. The SMILES string of the molecule is CCC(N)(CC)COc1cc([N+](=O)[O-])ccn1. The molecule has 1 aromatic heterocycles. The molecule has 0 atom stereocenters. The summed E-state index contributed by atoms with van der Waals surface area (Å²) >= 11 is 0. The summed E-state index contributed by atoms with van der Waals surface area (Å²) in [4.78, 5) is 14.0. The van der Waals surface area contributed by atoms with E-state index < -0.39 is 10.5 Å². The molecule has 2 N–H and O–H groups in total. The molecule has 1 aromatic rings. The van der Waals surface area contributed by atoms with E-state index in [9.17, 15) is 10.1 Å². The molecule has 0 aromatic carbocycles. The second kappa shape index (κ2) is 5.58. The molecule has 0 bridgehead atoms. The fourth-order valence-corrected chi connectivity index (χ4v) is 1.26. The van der Waals surface area contributed by atoms with E-state index in [4.69, 9.17) is 10.5 Å². The standard InChI is InChI=1S/C11H17N3O3/c1-3-11(12,4-2)8-17-10-7-9(14(15)16)5-6-13-10/h5-7H,3-4,8,12H2,1-2H3. The number of nitro groups is 1. The van der Waals surface area contributed by atoms with Gasteiger partial charge in [0.05, 0.1) is 11.0 Å². The summed E-state index contributed by atoms with van der Waals surface area (Å²) in [5, 5.41) is 10.6. The van der Waals surface area contributed by atoms with Crippen LogP contribution < -0.4 is 10.5 Å². The minimum absolute atomic E-state index is 0.0365. The van der Waals surface area contributed by atoms with Crippen molar-refractivity contribution in [2.75, 3.05) is 6.61 Å². The molecule has 6 heteroatoms. The lowest BCUT2D eigenvalue weighted by atomic mass is 9.96. The van der Waals surface area contributed by atoms with E-state index in [1.54, 1.807) is 0 Å². The van der Waals surface area contributed by atoms with Crippen LogP contribution in [0.5, 0.6) is 5.88 Å². The van der Waals surface area contributed by atoms with Gasteiger partial charge in [0, 0.05) is 17.8 Å². The molecule has 1 heterocycles. The predicted octanol–water partition coefficient (Wildman–Crippen LogP) is 1.89. The van der Waals surface area contributed by atoms with Gasteiger partial charge < -0.3 is 10.5 Å². The first-order valence-electron chi connectivity index (χ1n) is 5.53. The Kier molecular flexibility index (Phi) is 4.39. The summed E-state index contributed by atoms with van der Waals surface area (Å²) in [5.74, 6) is 0.232. The highest BCUT2D eigenvalue weighted by molar-refractivity contribution is 5.32.